The highest BCUT2D eigenvalue weighted by Crippen LogP contribution is 2.16. The van der Waals surface area contributed by atoms with E-state index in [2.05, 4.69) is 10.4 Å². The molecule has 0 fully saturated rings. The van der Waals surface area contributed by atoms with E-state index in [1.165, 1.54) is 29.1 Å². The number of hydrogen-bond acceptors (Lipinski definition) is 3. The van der Waals surface area contributed by atoms with Crippen molar-refractivity contribution in [3.8, 4) is 0 Å². The van der Waals surface area contributed by atoms with Crippen LogP contribution in [0.2, 0.25) is 0 Å². The smallest absolute Gasteiger partial charge is 0.269 e. The van der Waals surface area contributed by atoms with Crippen molar-refractivity contribution < 1.29 is 14.0 Å². The monoisotopic (exact) mass is 276 g/mol. The fourth-order valence-corrected chi connectivity index (χ4v) is 1.81. The van der Waals surface area contributed by atoms with Gasteiger partial charge < -0.3 is 11.1 Å². The van der Waals surface area contributed by atoms with E-state index in [-0.39, 0.29) is 16.9 Å². The third-order valence-corrected chi connectivity index (χ3v) is 2.74. The van der Waals surface area contributed by atoms with Crippen LogP contribution in [-0.4, -0.2) is 21.6 Å². The predicted octanol–water partition coefficient (Wildman–Crippen LogP) is 1.39. The maximum absolute atomic E-state index is 13.5. The average molecular weight is 276 g/mol. The van der Waals surface area contributed by atoms with Gasteiger partial charge in [-0.15, -0.1) is 0 Å². The van der Waals surface area contributed by atoms with Crippen LogP contribution in [0.1, 0.15) is 27.8 Å². The highest BCUT2D eigenvalue weighted by Gasteiger charge is 2.19. The summed E-state index contributed by atoms with van der Waals surface area (Å²) in [5.41, 5.74) is 5.38. The van der Waals surface area contributed by atoms with Crippen molar-refractivity contribution in [1.82, 2.24) is 9.78 Å². The molecular weight excluding hydrogens is 263 g/mol. The van der Waals surface area contributed by atoms with E-state index in [9.17, 15) is 14.0 Å². The molecule has 104 valence electrons. The van der Waals surface area contributed by atoms with Crippen molar-refractivity contribution in [2.75, 3.05) is 5.32 Å². The molecule has 0 bridgehead atoms. The molecule has 1 aromatic heterocycles. The lowest BCUT2D eigenvalue weighted by Gasteiger charge is -2.06. The Morgan fingerprint density at radius 2 is 2.10 bits per heavy atom. The summed E-state index contributed by atoms with van der Waals surface area (Å²) in [5.74, 6) is -2.03. The number of carbonyl (C=O) groups excluding carboxylic acids is 2. The molecule has 3 N–H and O–H groups in total. The highest BCUT2D eigenvalue weighted by molar-refractivity contribution is 6.08. The molecule has 6 nitrogen and oxygen atoms in total. The Morgan fingerprint density at radius 3 is 2.70 bits per heavy atom. The number of nitrogens with two attached hydrogens (primary N) is 1. The summed E-state index contributed by atoms with van der Waals surface area (Å²) in [5, 5.41) is 6.37. The van der Waals surface area contributed by atoms with Crippen LogP contribution in [0.3, 0.4) is 0 Å². The van der Waals surface area contributed by atoms with Gasteiger partial charge in [0, 0.05) is 6.54 Å². The molecule has 0 radical (unpaired) electrons. The van der Waals surface area contributed by atoms with E-state index in [1.54, 1.807) is 13.0 Å². The minimum Gasteiger partial charge on any atom is -0.364 e. The Hall–Kier alpha value is -2.70. The molecule has 20 heavy (non-hydrogen) atoms. The summed E-state index contributed by atoms with van der Waals surface area (Å²) in [4.78, 5) is 23.4. The van der Waals surface area contributed by atoms with E-state index in [0.29, 0.717) is 6.54 Å². The fraction of sp³-hybridized carbons (Fsp3) is 0.154. The summed E-state index contributed by atoms with van der Waals surface area (Å²) in [6, 6.07) is 5.55. The van der Waals surface area contributed by atoms with Gasteiger partial charge in [0.1, 0.15) is 11.5 Å². The zero-order valence-corrected chi connectivity index (χ0v) is 10.8. The van der Waals surface area contributed by atoms with Crippen LogP contribution >= 0.6 is 0 Å². The first kappa shape index (κ1) is 13.7. The number of benzene rings is 1. The molecule has 2 rings (SSSR count). The number of nitrogens with zero attached hydrogens (tertiary/aromatic N) is 2. The molecule has 0 saturated heterocycles. The van der Waals surface area contributed by atoms with Crippen molar-refractivity contribution >= 4 is 17.5 Å². The number of nitrogens with one attached hydrogen (secondary N) is 1. The summed E-state index contributed by atoms with van der Waals surface area (Å²) < 4.78 is 14.9. The summed E-state index contributed by atoms with van der Waals surface area (Å²) in [6.45, 7) is 2.20. The minimum atomic E-state index is -0.715. The number of aromatic nitrogens is 2. The van der Waals surface area contributed by atoms with E-state index >= 15 is 0 Å². The van der Waals surface area contributed by atoms with Gasteiger partial charge in [-0.1, -0.05) is 12.1 Å². The molecule has 0 spiro atoms. The van der Waals surface area contributed by atoms with Crippen molar-refractivity contribution in [3.05, 3.63) is 47.5 Å². The number of halogens is 1. The van der Waals surface area contributed by atoms with Crippen LogP contribution < -0.4 is 11.1 Å². The SMILES string of the molecule is CCn1ncc(NC(=O)c2ccccc2F)c1C(N)=O. The van der Waals surface area contributed by atoms with Crippen molar-refractivity contribution in [1.29, 1.82) is 0 Å². The Kier molecular flexibility index (Phi) is 3.79. The van der Waals surface area contributed by atoms with Crippen LogP contribution in [0.15, 0.2) is 30.5 Å². The van der Waals surface area contributed by atoms with Gasteiger partial charge in [0.2, 0.25) is 0 Å². The van der Waals surface area contributed by atoms with Crippen LogP contribution in [0.4, 0.5) is 10.1 Å². The Bertz CT molecular complexity index is 666. The summed E-state index contributed by atoms with van der Waals surface area (Å²) in [7, 11) is 0. The summed E-state index contributed by atoms with van der Waals surface area (Å²) in [6.07, 6.45) is 1.31. The molecule has 0 atom stereocenters. The second-order valence-corrected chi connectivity index (χ2v) is 4.02. The molecule has 0 aliphatic rings. The van der Waals surface area contributed by atoms with Gasteiger partial charge in [-0.25, -0.2) is 4.39 Å². The molecule has 0 unspecified atom stereocenters. The van der Waals surface area contributed by atoms with Gasteiger partial charge in [-0.05, 0) is 19.1 Å². The zero-order valence-electron chi connectivity index (χ0n) is 10.8. The van der Waals surface area contributed by atoms with Crippen molar-refractivity contribution in [2.24, 2.45) is 5.73 Å². The lowest BCUT2D eigenvalue weighted by Crippen LogP contribution is -2.21. The molecule has 2 aromatic rings. The Labute approximate surface area is 114 Å². The minimum absolute atomic E-state index is 0.0807. The molecule has 1 aromatic carbocycles. The molecule has 7 heteroatoms. The third-order valence-electron chi connectivity index (χ3n) is 2.74. The average Bonchev–Trinajstić information content (AvgIpc) is 2.82. The standard InChI is InChI=1S/C13H13FN4O2/c1-2-18-11(12(15)19)10(7-16-18)17-13(20)8-5-3-4-6-9(8)14/h3-7H,2H2,1H3,(H2,15,19)(H,17,20). The summed E-state index contributed by atoms with van der Waals surface area (Å²) >= 11 is 0. The highest BCUT2D eigenvalue weighted by atomic mass is 19.1. The molecular formula is C13H13FN4O2. The maximum atomic E-state index is 13.5. The van der Waals surface area contributed by atoms with Gasteiger partial charge in [0.15, 0.2) is 0 Å². The van der Waals surface area contributed by atoms with E-state index in [4.69, 9.17) is 5.73 Å². The predicted molar refractivity (Wildman–Crippen MR) is 70.8 cm³/mol. The first-order valence-electron chi connectivity index (χ1n) is 5.96. The third kappa shape index (κ3) is 2.51. The Balaban J connectivity index is 2.31. The quantitative estimate of drug-likeness (QED) is 0.884. The molecule has 0 saturated carbocycles. The largest absolute Gasteiger partial charge is 0.364 e. The van der Waals surface area contributed by atoms with E-state index in [0.717, 1.165) is 0 Å². The fourth-order valence-electron chi connectivity index (χ4n) is 1.81. The second kappa shape index (κ2) is 5.52. The van der Waals surface area contributed by atoms with Crippen molar-refractivity contribution in [2.45, 2.75) is 13.5 Å². The van der Waals surface area contributed by atoms with Crippen molar-refractivity contribution in [3.63, 3.8) is 0 Å². The zero-order chi connectivity index (χ0) is 14.7. The maximum Gasteiger partial charge on any atom is 0.269 e. The first-order chi connectivity index (χ1) is 9.54. The van der Waals surface area contributed by atoms with Gasteiger partial charge in [0.25, 0.3) is 11.8 Å². The number of rotatable bonds is 4. The van der Waals surface area contributed by atoms with Crippen LogP contribution in [0.5, 0.6) is 0 Å². The van der Waals surface area contributed by atoms with Crippen LogP contribution in [-0.2, 0) is 6.54 Å². The lowest BCUT2D eigenvalue weighted by atomic mass is 10.2. The second-order valence-electron chi connectivity index (χ2n) is 4.02. The molecule has 0 aliphatic carbocycles. The number of carbonyl (C=O) groups is 2. The number of primary amides is 1. The lowest BCUT2D eigenvalue weighted by molar-refractivity contribution is 0.0991. The van der Waals surface area contributed by atoms with Gasteiger partial charge >= 0.3 is 0 Å². The van der Waals surface area contributed by atoms with Crippen LogP contribution in [0, 0.1) is 5.82 Å². The molecule has 2 amide bonds. The van der Waals surface area contributed by atoms with Gasteiger partial charge in [-0.2, -0.15) is 5.10 Å². The van der Waals surface area contributed by atoms with E-state index in [1.807, 2.05) is 0 Å². The number of anilines is 1. The number of aryl methyl sites for hydroxylation is 1. The molecule has 1 heterocycles. The van der Waals surface area contributed by atoms with Crippen LogP contribution in [0.25, 0.3) is 0 Å². The topological polar surface area (TPSA) is 90.0 Å². The first-order valence-corrected chi connectivity index (χ1v) is 5.96. The number of hydrogen-bond donors (Lipinski definition) is 2. The molecule has 0 aliphatic heterocycles. The Morgan fingerprint density at radius 1 is 1.40 bits per heavy atom. The van der Waals surface area contributed by atoms with Gasteiger partial charge in [-0.3, -0.25) is 14.3 Å². The van der Waals surface area contributed by atoms with Gasteiger partial charge in [0.05, 0.1) is 17.4 Å². The van der Waals surface area contributed by atoms with E-state index < -0.39 is 17.6 Å². The normalized spacial score (nSPS) is 10.3. The number of amides is 2.